The maximum Gasteiger partial charge on any atom is 0.254 e. The molecule has 4 heteroatoms. The van der Waals surface area contributed by atoms with Crippen molar-refractivity contribution < 1.29 is 9.18 Å². The summed E-state index contributed by atoms with van der Waals surface area (Å²) in [6.45, 7) is 2.78. The lowest BCUT2D eigenvalue weighted by atomic mass is 10.2. The lowest BCUT2D eigenvalue weighted by Crippen LogP contribution is -2.33. The van der Waals surface area contributed by atoms with Crippen LogP contribution in [0.25, 0.3) is 0 Å². The summed E-state index contributed by atoms with van der Waals surface area (Å²) in [5, 5.41) is 0. The van der Waals surface area contributed by atoms with Gasteiger partial charge in [-0.3, -0.25) is 4.79 Å². The molecule has 0 aromatic carbocycles. The fraction of sp³-hybridized carbons (Fsp3) is 0.455. The van der Waals surface area contributed by atoms with Gasteiger partial charge in [0.2, 0.25) is 5.95 Å². The van der Waals surface area contributed by atoms with Crippen LogP contribution in [0.3, 0.4) is 0 Å². The summed E-state index contributed by atoms with van der Waals surface area (Å²) in [5.74, 6) is -0.700. The summed E-state index contributed by atoms with van der Waals surface area (Å²) in [5.41, 5.74) is 0.385. The summed E-state index contributed by atoms with van der Waals surface area (Å²) in [4.78, 5) is 17.2. The second kappa shape index (κ2) is 3.96. The summed E-state index contributed by atoms with van der Waals surface area (Å²) in [7, 11) is 0. The van der Waals surface area contributed by atoms with Gasteiger partial charge >= 0.3 is 0 Å². The van der Waals surface area contributed by atoms with Gasteiger partial charge in [-0.25, -0.2) is 4.98 Å². The Morgan fingerprint density at radius 2 is 2.47 bits per heavy atom. The van der Waals surface area contributed by atoms with E-state index in [0.29, 0.717) is 5.56 Å². The number of carbonyl (C=O) groups is 1. The summed E-state index contributed by atoms with van der Waals surface area (Å²) in [6, 6.07) is 3.00. The smallest absolute Gasteiger partial charge is 0.254 e. The maximum absolute atomic E-state index is 12.8. The average molecular weight is 208 g/mol. The molecule has 15 heavy (non-hydrogen) atoms. The van der Waals surface area contributed by atoms with Gasteiger partial charge in [-0.2, -0.15) is 4.39 Å². The van der Waals surface area contributed by atoms with Gasteiger partial charge in [0.1, 0.15) is 0 Å². The van der Waals surface area contributed by atoms with Gasteiger partial charge in [-0.1, -0.05) is 0 Å². The molecule has 2 rings (SSSR count). The van der Waals surface area contributed by atoms with E-state index in [0.717, 1.165) is 19.4 Å². The van der Waals surface area contributed by atoms with E-state index in [1.807, 2.05) is 6.92 Å². The monoisotopic (exact) mass is 208 g/mol. The number of amides is 1. The Bertz CT molecular complexity index is 381. The SMILES string of the molecule is CC1CCCN1C(=O)c1ccnc(F)c1. The zero-order valence-electron chi connectivity index (χ0n) is 8.61. The van der Waals surface area contributed by atoms with Crippen LogP contribution in [0.15, 0.2) is 18.3 Å². The van der Waals surface area contributed by atoms with Crippen LogP contribution in [0.5, 0.6) is 0 Å². The van der Waals surface area contributed by atoms with E-state index in [2.05, 4.69) is 4.98 Å². The molecule has 0 bridgehead atoms. The number of carbonyl (C=O) groups excluding carboxylic acids is 1. The first-order valence-electron chi connectivity index (χ1n) is 5.11. The molecule has 0 spiro atoms. The molecule has 1 fully saturated rings. The first kappa shape index (κ1) is 10.1. The van der Waals surface area contributed by atoms with Gasteiger partial charge < -0.3 is 4.90 Å². The van der Waals surface area contributed by atoms with Crippen molar-refractivity contribution >= 4 is 5.91 Å². The predicted molar refractivity (Wildman–Crippen MR) is 53.9 cm³/mol. The Hall–Kier alpha value is -1.45. The standard InChI is InChI=1S/C11H13FN2O/c1-8-3-2-6-14(8)11(15)9-4-5-13-10(12)7-9/h4-5,7-8H,2-3,6H2,1H3. The molecule has 0 aliphatic carbocycles. The second-order valence-electron chi connectivity index (χ2n) is 3.86. The summed E-state index contributed by atoms with van der Waals surface area (Å²) in [6.07, 6.45) is 3.38. The molecule has 1 amide bonds. The Balaban J connectivity index is 2.20. The van der Waals surface area contributed by atoms with Crippen molar-refractivity contribution in [3.63, 3.8) is 0 Å². The molecule has 80 valence electrons. The van der Waals surface area contributed by atoms with Crippen molar-refractivity contribution in [1.29, 1.82) is 0 Å². The van der Waals surface area contributed by atoms with E-state index in [-0.39, 0.29) is 11.9 Å². The zero-order chi connectivity index (χ0) is 10.8. The van der Waals surface area contributed by atoms with E-state index in [1.54, 1.807) is 11.0 Å². The minimum absolute atomic E-state index is 0.0960. The van der Waals surface area contributed by atoms with Crippen LogP contribution >= 0.6 is 0 Å². The van der Waals surface area contributed by atoms with Gasteiger partial charge in [0.25, 0.3) is 5.91 Å². The Morgan fingerprint density at radius 1 is 1.67 bits per heavy atom. The summed E-state index contributed by atoms with van der Waals surface area (Å²) >= 11 is 0. The Morgan fingerprint density at radius 3 is 3.07 bits per heavy atom. The molecule has 1 atom stereocenters. The normalized spacial score (nSPS) is 20.7. The minimum atomic E-state index is -0.604. The largest absolute Gasteiger partial charge is 0.336 e. The van der Waals surface area contributed by atoms with Crippen LogP contribution in [0.2, 0.25) is 0 Å². The van der Waals surface area contributed by atoms with E-state index >= 15 is 0 Å². The molecule has 0 radical (unpaired) electrons. The quantitative estimate of drug-likeness (QED) is 0.660. The number of likely N-dealkylation sites (tertiary alicyclic amines) is 1. The van der Waals surface area contributed by atoms with Crippen LogP contribution in [0.1, 0.15) is 30.1 Å². The van der Waals surface area contributed by atoms with E-state index in [1.165, 1.54) is 12.3 Å². The predicted octanol–water partition coefficient (Wildman–Crippen LogP) is 1.85. The lowest BCUT2D eigenvalue weighted by molar-refractivity contribution is 0.0746. The van der Waals surface area contributed by atoms with E-state index < -0.39 is 5.95 Å². The molecule has 1 aliphatic heterocycles. The highest BCUT2D eigenvalue weighted by Gasteiger charge is 2.25. The van der Waals surface area contributed by atoms with Crippen molar-refractivity contribution in [3.05, 3.63) is 29.8 Å². The van der Waals surface area contributed by atoms with E-state index in [9.17, 15) is 9.18 Å². The molecular weight excluding hydrogens is 195 g/mol. The van der Waals surface area contributed by atoms with Gasteiger partial charge in [0.15, 0.2) is 0 Å². The Kier molecular flexibility index (Phi) is 2.66. The topological polar surface area (TPSA) is 33.2 Å². The van der Waals surface area contributed by atoms with Gasteiger partial charge in [-0.15, -0.1) is 0 Å². The molecule has 1 aromatic heterocycles. The fourth-order valence-electron chi connectivity index (χ4n) is 1.94. The second-order valence-corrected chi connectivity index (χ2v) is 3.86. The minimum Gasteiger partial charge on any atom is -0.336 e. The van der Waals surface area contributed by atoms with Crippen molar-refractivity contribution in [3.8, 4) is 0 Å². The molecule has 2 heterocycles. The average Bonchev–Trinajstić information content (AvgIpc) is 2.63. The number of hydrogen-bond acceptors (Lipinski definition) is 2. The highest BCUT2D eigenvalue weighted by molar-refractivity contribution is 5.94. The molecule has 0 N–H and O–H groups in total. The third-order valence-electron chi connectivity index (χ3n) is 2.79. The third kappa shape index (κ3) is 1.98. The number of nitrogens with zero attached hydrogens (tertiary/aromatic N) is 2. The van der Waals surface area contributed by atoms with Crippen LogP contribution in [-0.2, 0) is 0 Å². The maximum atomic E-state index is 12.8. The van der Waals surface area contributed by atoms with Gasteiger partial charge in [0, 0.05) is 30.4 Å². The number of halogens is 1. The van der Waals surface area contributed by atoms with Crippen molar-refractivity contribution in [1.82, 2.24) is 9.88 Å². The molecular formula is C11H13FN2O. The lowest BCUT2D eigenvalue weighted by Gasteiger charge is -2.21. The highest BCUT2D eigenvalue weighted by Crippen LogP contribution is 2.19. The fourth-order valence-corrected chi connectivity index (χ4v) is 1.94. The molecule has 3 nitrogen and oxygen atoms in total. The first-order chi connectivity index (χ1) is 7.18. The van der Waals surface area contributed by atoms with Gasteiger partial charge in [-0.05, 0) is 25.8 Å². The molecule has 1 unspecified atom stereocenters. The van der Waals surface area contributed by atoms with Crippen LogP contribution in [0.4, 0.5) is 4.39 Å². The number of rotatable bonds is 1. The van der Waals surface area contributed by atoms with Crippen molar-refractivity contribution in [2.24, 2.45) is 0 Å². The molecule has 1 saturated heterocycles. The van der Waals surface area contributed by atoms with Crippen molar-refractivity contribution in [2.45, 2.75) is 25.8 Å². The third-order valence-corrected chi connectivity index (χ3v) is 2.79. The molecule has 1 aliphatic rings. The first-order valence-corrected chi connectivity index (χ1v) is 5.11. The Labute approximate surface area is 87.9 Å². The highest BCUT2D eigenvalue weighted by atomic mass is 19.1. The van der Waals surface area contributed by atoms with Crippen LogP contribution < -0.4 is 0 Å². The van der Waals surface area contributed by atoms with E-state index in [4.69, 9.17) is 0 Å². The number of hydrogen-bond donors (Lipinski definition) is 0. The number of aromatic nitrogens is 1. The molecule has 0 saturated carbocycles. The molecule has 1 aromatic rings. The number of pyridine rings is 1. The van der Waals surface area contributed by atoms with Crippen LogP contribution in [0, 0.1) is 5.95 Å². The van der Waals surface area contributed by atoms with Gasteiger partial charge in [0.05, 0.1) is 0 Å². The zero-order valence-corrected chi connectivity index (χ0v) is 8.61. The summed E-state index contributed by atoms with van der Waals surface area (Å²) < 4.78 is 12.8. The van der Waals surface area contributed by atoms with Crippen LogP contribution in [-0.4, -0.2) is 28.4 Å². The van der Waals surface area contributed by atoms with Crippen molar-refractivity contribution in [2.75, 3.05) is 6.54 Å².